The number of benzene rings is 2. The van der Waals surface area contributed by atoms with Crippen molar-refractivity contribution in [1.29, 1.82) is 0 Å². The number of hydrogen-bond acceptors (Lipinski definition) is 6. The Labute approximate surface area is 179 Å². The van der Waals surface area contributed by atoms with Crippen molar-refractivity contribution in [3.8, 4) is 5.75 Å². The first-order chi connectivity index (χ1) is 13.4. The Hall–Kier alpha value is -2.23. The van der Waals surface area contributed by atoms with Gasteiger partial charge in [-0.3, -0.25) is 4.79 Å². The van der Waals surface area contributed by atoms with Crippen molar-refractivity contribution < 1.29 is 9.53 Å². The molecule has 0 saturated heterocycles. The molecule has 1 amide bonds. The number of carbonyl (C=O) groups is 1. The van der Waals surface area contributed by atoms with Crippen LogP contribution in [-0.2, 0) is 11.4 Å². The second-order valence-electron chi connectivity index (χ2n) is 5.83. The average Bonchev–Trinajstić information content (AvgIpc) is 3.02. The maximum Gasteiger partial charge on any atom is 0.234 e. The van der Waals surface area contributed by atoms with Gasteiger partial charge in [-0.25, -0.2) is 4.68 Å². The van der Waals surface area contributed by atoms with E-state index in [9.17, 15) is 4.79 Å². The van der Waals surface area contributed by atoms with Crippen LogP contribution in [0, 0.1) is 6.92 Å². The van der Waals surface area contributed by atoms with Gasteiger partial charge in [-0.1, -0.05) is 29.4 Å². The van der Waals surface area contributed by atoms with Crippen molar-refractivity contribution in [3.05, 3.63) is 63.3 Å². The zero-order chi connectivity index (χ0) is 20.1. The van der Waals surface area contributed by atoms with Crippen LogP contribution in [0.3, 0.4) is 0 Å². The minimum Gasteiger partial charge on any atom is -0.486 e. The summed E-state index contributed by atoms with van der Waals surface area (Å²) in [6, 6.07) is 12.7. The van der Waals surface area contributed by atoms with Crippen LogP contribution in [0.5, 0.6) is 5.75 Å². The Morgan fingerprint density at radius 3 is 2.75 bits per heavy atom. The van der Waals surface area contributed by atoms with Gasteiger partial charge in [0.05, 0.1) is 11.4 Å². The molecule has 0 atom stereocenters. The Morgan fingerprint density at radius 2 is 2.04 bits per heavy atom. The lowest BCUT2D eigenvalue weighted by molar-refractivity contribution is -0.113. The SMILES string of the molecule is Cc1ccc(NC(=O)CSc2nnc(COc3ccc(Cl)cc3)n2N)c(Br)c1. The number of anilines is 1. The van der Waals surface area contributed by atoms with Gasteiger partial charge < -0.3 is 15.9 Å². The third-order valence-electron chi connectivity index (χ3n) is 3.65. The monoisotopic (exact) mass is 481 g/mol. The Bertz CT molecular complexity index is 981. The van der Waals surface area contributed by atoms with Crippen LogP contribution in [0.4, 0.5) is 5.69 Å². The van der Waals surface area contributed by atoms with E-state index in [1.165, 1.54) is 16.4 Å². The van der Waals surface area contributed by atoms with Crippen LogP contribution < -0.4 is 15.9 Å². The zero-order valence-corrected chi connectivity index (χ0v) is 18.0. The molecule has 10 heteroatoms. The molecule has 1 aromatic heterocycles. The molecule has 0 fully saturated rings. The third-order valence-corrected chi connectivity index (χ3v) is 5.50. The largest absolute Gasteiger partial charge is 0.486 e. The molecule has 1 heterocycles. The normalized spacial score (nSPS) is 10.7. The summed E-state index contributed by atoms with van der Waals surface area (Å²) in [5, 5.41) is 11.9. The second-order valence-corrected chi connectivity index (χ2v) is 8.06. The molecule has 0 aliphatic heterocycles. The van der Waals surface area contributed by atoms with E-state index in [0.29, 0.717) is 27.4 Å². The number of nitrogens with zero attached hydrogens (tertiary/aromatic N) is 3. The molecule has 3 rings (SSSR count). The fraction of sp³-hybridized carbons (Fsp3) is 0.167. The molecular weight excluding hydrogens is 466 g/mol. The number of nitrogen functional groups attached to an aromatic ring is 1. The second kappa shape index (κ2) is 9.31. The summed E-state index contributed by atoms with van der Waals surface area (Å²) < 4.78 is 7.76. The summed E-state index contributed by atoms with van der Waals surface area (Å²) in [6.45, 7) is 2.13. The average molecular weight is 483 g/mol. The number of nitrogens with one attached hydrogen (secondary N) is 1. The van der Waals surface area contributed by atoms with Gasteiger partial charge in [0.1, 0.15) is 12.4 Å². The molecule has 0 unspecified atom stereocenters. The highest BCUT2D eigenvalue weighted by Gasteiger charge is 2.13. The Morgan fingerprint density at radius 1 is 1.29 bits per heavy atom. The lowest BCUT2D eigenvalue weighted by Gasteiger charge is -2.08. The van der Waals surface area contributed by atoms with E-state index >= 15 is 0 Å². The van der Waals surface area contributed by atoms with Gasteiger partial charge in [0.25, 0.3) is 0 Å². The summed E-state index contributed by atoms with van der Waals surface area (Å²) in [5.41, 5.74) is 1.81. The van der Waals surface area contributed by atoms with Crippen LogP contribution >= 0.6 is 39.3 Å². The van der Waals surface area contributed by atoms with Crippen LogP contribution in [-0.4, -0.2) is 26.5 Å². The van der Waals surface area contributed by atoms with E-state index in [0.717, 1.165) is 10.0 Å². The first-order valence-electron chi connectivity index (χ1n) is 8.19. The number of aryl methyl sites for hydroxylation is 1. The summed E-state index contributed by atoms with van der Waals surface area (Å²) in [4.78, 5) is 12.2. The van der Waals surface area contributed by atoms with E-state index in [1.54, 1.807) is 24.3 Å². The van der Waals surface area contributed by atoms with Gasteiger partial charge in [0.15, 0.2) is 5.82 Å². The zero-order valence-electron chi connectivity index (χ0n) is 14.9. The maximum atomic E-state index is 12.2. The highest BCUT2D eigenvalue weighted by Crippen LogP contribution is 2.24. The van der Waals surface area contributed by atoms with Gasteiger partial charge in [-0.05, 0) is 64.8 Å². The lowest BCUT2D eigenvalue weighted by atomic mass is 10.2. The highest BCUT2D eigenvalue weighted by molar-refractivity contribution is 9.10. The van der Waals surface area contributed by atoms with E-state index in [4.69, 9.17) is 22.2 Å². The van der Waals surface area contributed by atoms with Crippen molar-refractivity contribution in [1.82, 2.24) is 14.9 Å². The van der Waals surface area contributed by atoms with Crippen molar-refractivity contribution in [2.75, 3.05) is 16.9 Å². The molecule has 7 nitrogen and oxygen atoms in total. The predicted molar refractivity (Wildman–Crippen MR) is 114 cm³/mol. The molecule has 0 spiro atoms. The summed E-state index contributed by atoms with van der Waals surface area (Å²) in [7, 11) is 0. The minimum atomic E-state index is -0.170. The van der Waals surface area contributed by atoms with Crippen LogP contribution in [0.25, 0.3) is 0 Å². The maximum absolute atomic E-state index is 12.2. The molecule has 146 valence electrons. The Kier molecular flexibility index (Phi) is 6.82. The van der Waals surface area contributed by atoms with Crippen molar-refractivity contribution in [2.24, 2.45) is 0 Å². The third kappa shape index (κ3) is 5.40. The van der Waals surface area contributed by atoms with Gasteiger partial charge in [-0.2, -0.15) is 0 Å². The van der Waals surface area contributed by atoms with Gasteiger partial charge in [0, 0.05) is 9.50 Å². The van der Waals surface area contributed by atoms with E-state index in [2.05, 4.69) is 31.4 Å². The minimum absolute atomic E-state index is 0.147. The fourth-order valence-corrected chi connectivity index (χ4v) is 3.61. The van der Waals surface area contributed by atoms with E-state index < -0.39 is 0 Å². The standard InChI is InChI=1S/C18H17BrClN5O2S/c1-11-2-7-15(14(19)8-11)22-17(26)10-28-18-24-23-16(25(18)21)9-27-13-5-3-12(20)4-6-13/h2-8H,9-10,21H2,1H3,(H,22,26). The lowest BCUT2D eigenvalue weighted by Crippen LogP contribution is -2.18. The summed E-state index contributed by atoms with van der Waals surface area (Å²) >= 11 is 10.5. The molecule has 0 radical (unpaired) electrons. The molecule has 0 saturated carbocycles. The molecule has 3 aromatic rings. The molecule has 0 aliphatic carbocycles. The topological polar surface area (TPSA) is 95.1 Å². The van der Waals surface area contributed by atoms with Crippen molar-refractivity contribution in [3.63, 3.8) is 0 Å². The van der Waals surface area contributed by atoms with Crippen molar-refractivity contribution in [2.45, 2.75) is 18.7 Å². The smallest absolute Gasteiger partial charge is 0.234 e. The molecule has 0 aliphatic rings. The number of carbonyl (C=O) groups excluding carboxylic acids is 1. The fourth-order valence-electron chi connectivity index (χ4n) is 2.22. The first kappa shape index (κ1) is 20.5. The van der Waals surface area contributed by atoms with Crippen LogP contribution in [0.2, 0.25) is 5.02 Å². The molecule has 3 N–H and O–H groups in total. The number of rotatable bonds is 7. The highest BCUT2D eigenvalue weighted by atomic mass is 79.9. The number of thioether (sulfide) groups is 1. The number of hydrogen-bond donors (Lipinski definition) is 2. The molecule has 0 bridgehead atoms. The molecule has 28 heavy (non-hydrogen) atoms. The van der Waals surface area contributed by atoms with Gasteiger partial charge in [0.2, 0.25) is 11.1 Å². The number of aromatic nitrogens is 3. The number of halogens is 2. The number of amides is 1. The van der Waals surface area contributed by atoms with E-state index in [1.807, 2.05) is 25.1 Å². The van der Waals surface area contributed by atoms with Crippen molar-refractivity contribution >= 4 is 50.9 Å². The quantitative estimate of drug-likeness (QED) is 0.390. The number of nitrogens with two attached hydrogens (primary N) is 1. The van der Waals surface area contributed by atoms with Gasteiger partial charge >= 0.3 is 0 Å². The number of ether oxygens (including phenoxy) is 1. The van der Waals surface area contributed by atoms with Crippen LogP contribution in [0.1, 0.15) is 11.4 Å². The van der Waals surface area contributed by atoms with E-state index in [-0.39, 0.29) is 18.3 Å². The first-order valence-corrected chi connectivity index (χ1v) is 10.3. The molecular formula is C18H17BrClN5O2S. The summed E-state index contributed by atoms with van der Waals surface area (Å²) in [6.07, 6.45) is 0. The van der Waals surface area contributed by atoms with Gasteiger partial charge in [-0.15, -0.1) is 10.2 Å². The Balaban J connectivity index is 1.53. The summed E-state index contributed by atoms with van der Waals surface area (Å²) in [5.74, 6) is 7.07. The van der Waals surface area contributed by atoms with Crippen LogP contribution in [0.15, 0.2) is 52.1 Å². The predicted octanol–water partition coefficient (Wildman–Crippen LogP) is 4.03. The molecule has 2 aromatic carbocycles.